The molecule has 2 N–H and O–H groups in total. The van der Waals surface area contributed by atoms with Crippen LogP contribution in [0.15, 0.2) is 0 Å². The van der Waals surface area contributed by atoms with Crippen LogP contribution in [0.2, 0.25) is 0 Å². The fourth-order valence-corrected chi connectivity index (χ4v) is 0.821. The predicted octanol–water partition coefficient (Wildman–Crippen LogP) is 1.26. The molecule has 0 rings (SSSR count). The smallest absolute Gasteiger partial charge is 0.309 e. The molecule has 0 saturated carbocycles. The Labute approximate surface area is 67.0 Å². The average molecular weight is 160 g/mol. The topological polar surface area (TPSA) is 57.5 Å². The molecule has 11 heavy (non-hydrogen) atoms. The molecule has 0 aromatic carbocycles. The van der Waals surface area contributed by atoms with E-state index in [0.717, 1.165) is 0 Å². The van der Waals surface area contributed by atoms with E-state index in [9.17, 15) is 9.90 Å². The van der Waals surface area contributed by atoms with Crippen molar-refractivity contribution < 1.29 is 15.0 Å². The maximum atomic E-state index is 10.6. The summed E-state index contributed by atoms with van der Waals surface area (Å²) >= 11 is 0. The minimum Gasteiger partial charge on any atom is -0.481 e. The minimum atomic E-state index is -0.856. The lowest BCUT2D eigenvalue weighted by atomic mass is 9.86. The molecule has 0 fully saturated rings. The highest BCUT2D eigenvalue weighted by Gasteiger charge is 2.29. The Hall–Kier alpha value is -0.570. The maximum Gasteiger partial charge on any atom is 0.309 e. The van der Waals surface area contributed by atoms with E-state index >= 15 is 0 Å². The van der Waals surface area contributed by atoms with E-state index in [0.29, 0.717) is 12.8 Å². The largest absolute Gasteiger partial charge is 0.481 e. The molecule has 0 aromatic heterocycles. The Morgan fingerprint density at radius 1 is 1.55 bits per heavy atom. The van der Waals surface area contributed by atoms with Crippen LogP contribution >= 0.6 is 0 Å². The number of aliphatic hydroxyl groups is 1. The van der Waals surface area contributed by atoms with Crippen LogP contribution < -0.4 is 0 Å². The van der Waals surface area contributed by atoms with Crippen molar-refractivity contribution in [2.45, 2.75) is 39.7 Å². The molecule has 1 unspecified atom stereocenters. The zero-order valence-electron chi connectivity index (χ0n) is 7.29. The summed E-state index contributed by atoms with van der Waals surface area (Å²) in [6.45, 7) is 5.07. The zero-order chi connectivity index (χ0) is 9.07. The lowest BCUT2D eigenvalue weighted by Gasteiger charge is -2.21. The standard InChI is InChI=1S/C8H16O3/c1-4-6(9)5-8(2,3)7(10)11/h6,9H,4-5H2,1-3H3,(H,10,11). The molecule has 3 heteroatoms. The van der Waals surface area contributed by atoms with Gasteiger partial charge in [0.25, 0.3) is 0 Å². The molecule has 0 radical (unpaired) electrons. The lowest BCUT2D eigenvalue weighted by molar-refractivity contribution is -0.148. The molecule has 0 aromatic rings. The van der Waals surface area contributed by atoms with Crippen molar-refractivity contribution in [2.24, 2.45) is 5.41 Å². The second-order valence-electron chi connectivity index (χ2n) is 3.46. The minimum absolute atomic E-state index is 0.318. The van der Waals surface area contributed by atoms with E-state index < -0.39 is 17.5 Å². The first kappa shape index (κ1) is 10.4. The SMILES string of the molecule is CCC(O)CC(C)(C)C(=O)O. The van der Waals surface area contributed by atoms with Gasteiger partial charge >= 0.3 is 5.97 Å². The van der Waals surface area contributed by atoms with Crippen LogP contribution in [-0.4, -0.2) is 22.3 Å². The highest BCUT2D eigenvalue weighted by molar-refractivity contribution is 5.73. The van der Waals surface area contributed by atoms with E-state index in [1.807, 2.05) is 6.92 Å². The lowest BCUT2D eigenvalue weighted by Crippen LogP contribution is -2.28. The molecule has 0 aliphatic rings. The summed E-state index contributed by atoms with van der Waals surface area (Å²) in [7, 11) is 0. The van der Waals surface area contributed by atoms with Crippen molar-refractivity contribution in [1.82, 2.24) is 0 Å². The van der Waals surface area contributed by atoms with Crippen molar-refractivity contribution in [2.75, 3.05) is 0 Å². The van der Waals surface area contributed by atoms with Gasteiger partial charge in [0.2, 0.25) is 0 Å². The molecular weight excluding hydrogens is 144 g/mol. The Bertz CT molecular complexity index is 140. The van der Waals surface area contributed by atoms with Crippen LogP contribution in [0.5, 0.6) is 0 Å². The molecular formula is C8H16O3. The first-order valence-electron chi connectivity index (χ1n) is 3.81. The molecule has 0 aliphatic carbocycles. The van der Waals surface area contributed by atoms with Gasteiger partial charge < -0.3 is 10.2 Å². The number of aliphatic hydroxyl groups excluding tert-OH is 1. The van der Waals surface area contributed by atoms with Crippen LogP contribution in [-0.2, 0) is 4.79 Å². The number of aliphatic carboxylic acids is 1. The summed E-state index contributed by atoms with van der Waals surface area (Å²) in [5.74, 6) is -0.856. The van der Waals surface area contributed by atoms with Crippen LogP contribution in [0.4, 0.5) is 0 Å². The number of hydrogen-bond acceptors (Lipinski definition) is 2. The summed E-state index contributed by atoms with van der Waals surface area (Å²) in [6.07, 6.45) is 0.427. The molecule has 0 aliphatic heterocycles. The third-order valence-electron chi connectivity index (χ3n) is 1.80. The summed E-state index contributed by atoms with van der Waals surface area (Å²) in [5, 5.41) is 17.9. The van der Waals surface area contributed by atoms with E-state index in [2.05, 4.69) is 0 Å². The van der Waals surface area contributed by atoms with Gasteiger partial charge in [0.05, 0.1) is 11.5 Å². The molecule has 0 spiro atoms. The van der Waals surface area contributed by atoms with Crippen LogP contribution in [0, 0.1) is 5.41 Å². The second-order valence-corrected chi connectivity index (χ2v) is 3.46. The van der Waals surface area contributed by atoms with Gasteiger partial charge in [-0.2, -0.15) is 0 Å². The number of carboxylic acid groups (broad SMARTS) is 1. The molecule has 1 atom stereocenters. The van der Waals surface area contributed by atoms with Crippen LogP contribution in [0.1, 0.15) is 33.6 Å². The Kier molecular flexibility index (Phi) is 3.52. The maximum absolute atomic E-state index is 10.6. The van der Waals surface area contributed by atoms with E-state index in [1.54, 1.807) is 13.8 Å². The predicted molar refractivity (Wildman–Crippen MR) is 42.3 cm³/mol. The highest BCUT2D eigenvalue weighted by atomic mass is 16.4. The second kappa shape index (κ2) is 3.72. The van der Waals surface area contributed by atoms with Gasteiger partial charge in [-0.05, 0) is 26.7 Å². The fourth-order valence-electron chi connectivity index (χ4n) is 0.821. The highest BCUT2D eigenvalue weighted by Crippen LogP contribution is 2.23. The van der Waals surface area contributed by atoms with E-state index in [4.69, 9.17) is 5.11 Å². The third-order valence-corrected chi connectivity index (χ3v) is 1.80. The Morgan fingerprint density at radius 3 is 2.27 bits per heavy atom. The Morgan fingerprint density at radius 2 is 2.00 bits per heavy atom. The molecule has 0 bridgehead atoms. The number of carbonyl (C=O) groups is 1. The van der Waals surface area contributed by atoms with Gasteiger partial charge in [-0.3, -0.25) is 4.79 Å². The van der Waals surface area contributed by atoms with Crippen molar-refractivity contribution in [3.05, 3.63) is 0 Å². The number of rotatable bonds is 4. The van der Waals surface area contributed by atoms with Gasteiger partial charge in [0, 0.05) is 0 Å². The molecule has 0 saturated heterocycles. The summed E-state index contributed by atoms with van der Waals surface area (Å²) in [4.78, 5) is 10.6. The molecule has 0 amide bonds. The normalized spacial score (nSPS) is 14.5. The van der Waals surface area contributed by atoms with Gasteiger partial charge in [-0.15, -0.1) is 0 Å². The quantitative estimate of drug-likeness (QED) is 0.651. The first-order chi connectivity index (χ1) is 4.90. The van der Waals surface area contributed by atoms with E-state index in [-0.39, 0.29) is 0 Å². The van der Waals surface area contributed by atoms with Crippen molar-refractivity contribution >= 4 is 5.97 Å². The van der Waals surface area contributed by atoms with E-state index in [1.165, 1.54) is 0 Å². The van der Waals surface area contributed by atoms with Gasteiger partial charge in [0.1, 0.15) is 0 Å². The Balaban J connectivity index is 4.01. The van der Waals surface area contributed by atoms with Crippen LogP contribution in [0.25, 0.3) is 0 Å². The summed E-state index contributed by atoms with van der Waals surface area (Å²) < 4.78 is 0. The average Bonchev–Trinajstić information content (AvgIpc) is 1.86. The molecule has 3 nitrogen and oxygen atoms in total. The molecule has 66 valence electrons. The summed E-state index contributed by atoms with van der Waals surface area (Å²) in [6, 6.07) is 0. The summed E-state index contributed by atoms with van der Waals surface area (Å²) in [5.41, 5.74) is -0.810. The first-order valence-corrected chi connectivity index (χ1v) is 3.81. The van der Waals surface area contributed by atoms with Crippen molar-refractivity contribution in [1.29, 1.82) is 0 Å². The monoisotopic (exact) mass is 160 g/mol. The van der Waals surface area contributed by atoms with Gasteiger partial charge in [0.15, 0.2) is 0 Å². The zero-order valence-corrected chi connectivity index (χ0v) is 7.29. The van der Waals surface area contributed by atoms with Gasteiger partial charge in [-0.1, -0.05) is 6.92 Å². The van der Waals surface area contributed by atoms with Gasteiger partial charge in [-0.25, -0.2) is 0 Å². The number of hydrogen-bond donors (Lipinski definition) is 2. The van der Waals surface area contributed by atoms with Crippen LogP contribution in [0.3, 0.4) is 0 Å². The van der Waals surface area contributed by atoms with Crippen molar-refractivity contribution in [3.63, 3.8) is 0 Å². The number of carboxylic acids is 1. The fraction of sp³-hybridized carbons (Fsp3) is 0.875. The van der Waals surface area contributed by atoms with Crippen molar-refractivity contribution in [3.8, 4) is 0 Å². The third kappa shape index (κ3) is 3.37. The molecule has 0 heterocycles.